The lowest BCUT2D eigenvalue weighted by Gasteiger charge is -2.26. The van der Waals surface area contributed by atoms with Gasteiger partial charge in [0, 0.05) is 12.1 Å². The number of hydrogen-bond donors (Lipinski definition) is 2. The summed E-state index contributed by atoms with van der Waals surface area (Å²) in [5.74, 6) is 0.693. The number of fused-ring (bicyclic) bond motifs is 1. The van der Waals surface area contributed by atoms with Gasteiger partial charge >= 0.3 is 0 Å². The van der Waals surface area contributed by atoms with Gasteiger partial charge in [-0.25, -0.2) is 4.98 Å². The van der Waals surface area contributed by atoms with E-state index in [-0.39, 0.29) is 11.9 Å². The van der Waals surface area contributed by atoms with E-state index in [0.29, 0.717) is 5.56 Å². The van der Waals surface area contributed by atoms with Gasteiger partial charge in [0.05, 0.1) is 17.1 Å². The minimum Gasteiger partial charge on any atom is -0.342 e. The molecule has 0 saturated carbocycles. The quantitative estimate of drug-likeness (QED) is 0.720. The number of piperidine rings is 1. The highest BCUT2D eigenvalue weighted by atomic mass is 16.1. The van der Waals surface area contributed by atoms with Crippen LogP contribution in [0.5, 0.6) is 0 Å². The first-order valence-electron chi connectivity index (χ1n) is 9.76. The number of carbonyl (C=O) groups is 1. The van der Waals surface area contributed by atoms with E-state index in [2.05, 4.69) is 32.3 Å². The van der Waals surface area contributed by atoms with Crippen molar-refractivity contribution in [3.05, 3.63) is 65.5 Å². The third-order valence-corrected chi connectivity index (χ3v) is 5.24. The van der Waals surface area contributed by atoms with Gasteiger partial charge in [-0.15, -0.1) is 0 Å². The van der Waals surface area contributed by atoms with Gasteiger partial charge in [-0.05, 0) is 62.7 Å². The Labute approximate surface area is 159 Å². The van der Waals surface area contributed by atoms with Gasteiger partial charge in [-0.2, -0.15) is 0 Å². The van der Waals surface area contributed by atoms with Crippen molar-refractivity contribution in [2.75, 3.05) is 13.1 Å². The van der Waals surface area contributed by atoms with E-state index >= 15 is 0 Å². The topological polar surface area (TPSA) is 61.0 Å². The largest absolute Gasteiger partial charge is 0.342 e. The van der Waals surface area contributed by atoms with Crippen LogP contribution in [0.1, 0.15) is 54.0 Å². The monoisotopic (exact) mass is 362 g/mol. The van der Waals surface area contributed by atoms with Crippen LogP contribution in [0.2, 0.25) is 0 Å². The second kappa shape index (κ2) is 7.92. The van der Waals surface area contributed by atoms with Crippen LogP contribution in [0.15, 0.2) is 48.5 Å². The molecule has 1 saturated heterocycles. The fraction of sp³-hybridized carbons (Fsp3) is 0.364. The van der Waals surface area contributed by atoms with Crippen molar-refractivity contribution < 1.29 is 4.79 Å². The molecule has 0 unspecified atom stereocenters. The normalized spacial score (nSPS) is 16.3. The van der Waals surface area contributed by atoms with Crippen molar-refractivity contribution in [2.45, 2.75) is 38.8 Å². The maximum Gasteiger partial charge on any atom is 0.251 e. The molecule has 0 spiro atoms. The Bertz CT molecular complexity index is 876. The fourth-order valence-electron chi connectivity index (χ4n) is 3.66. The number of imidazole rings is 1. The second-order valence-electron chi connectivity index (χ2n) is 7.37. The number of carbonyl (C=O) groups excluding carboxylic acids is 1. The van der Waals surface area contributed by atoms with Crippen molar-refractivity contribution in [2.24, 2.45) is 0 Å². The minimum absolute atomic E-state index is 0.0764. The molecule has 1 fully saturated rings. The van der Waals surface area contributed by atoms with Gasteiger partial charge in [0.1, 0.15) is 5.82 Å². The molecule has 0 bridgehead atoms. The molecule has 5 nitrogen and oxygen atoms in total. The summed E-state index contributed by atoms with van der Waals surface area (Å²) >= 11 is 0. The second-order valence-corrected chi connectivity index (χ2v) is 7.37. The zero-order valence-electron chi connectivity index (χ0n) is 15.7. The van der Waals surface area contributed by atoms with Gasteiger partial charge in [0.2, 0.25) is 0 Å². The molecule has 140 valence electrons. The molecule has 1 atom stereocenters. The first-order chi connectivity index (χ1) is 13.2. The van der Waals surface area contributed by atoms with E-state index in [1.807, 2.05) is 43.3 Å². The highest BCUT2D eigenvalue weighted by molar-refractivity contribution is 5.94. The highest BCUT2D eigenvalue weighted by Gasteiger charge is 2.15. The number of likely N-dealkylation sites (tertiary alicyclic amines) is 1. The summed E-state index contributed by atoms with van der Waals surface area (Å²) in [6.45, 7) is 5.27. The van der Waals surface area contributed by atoms with Crippen LogP contribution in [0.4, 0.5) is 0 Å². The average Bonchev–Trinajstić information content (AvgIpc) is 3.14. The molecule has 1 aliphatic rings. The number of rotatable bonds is 5. The molecular weight excluding hydrogens is 336 g/mol. The van der Waals surface area contributed by atoms with Crippen LogP contribution >= 0.6 is 0 Å². The smallest absolute Gasteiger partial charge is 0.251 e. The van der Waals surface area contributed by atoms with Crippen molar-refractivity contribution in [1.82, 2.24) is 20.2 Å². The molecule has 2 heterocycles. The molecule has 5 heteroatoms. The summed E-state index contributed by atoms with van der Waals surface area (Å²) in [5.41, 5.74) is 3.84. The average molecular weight is 362 g/mol. The lowest BCUT2D eigenvalue weighted by molar-refractivity contribution is 0.0938. The highest BCUT2D eigenvalue weighted by Crippen LogP contribution is 2.17. The zero-order chi connectivity index (χ0) is 18.6. The number of hydrogen-bond acceptors (Lipinski definition) is 3. The SMILES string of the molecule is C[C@H](NC(=O)c1ccc(CN2CCCCC2)cc1)c1nc2ccccc2[nH]1. The maximum absolute atomic E-state index is 12.6. The molecule has 1 aromatic heterocycles. The Balaban J connectivity index is 1.38. The van der Waals surface area contributed by atoms with Gasteiger partial charge in [-0.3, -0.25) is 9.69 Å². The molecule has 2 aromatic carbocycles. The first kappa shape index (κ1) is 17.7. The maximum atomic E-state index is 12.6. The zero-order valence-corrected chi connectivity index (χ0v) is 15.7. The first-order valence-corrected chi connectivity index (χ1v) is 9.76. The lowest BCUT2D eigenvalue weighted by Crippen LogP contribution is -2.29. The molecule has 27 heavy (non-hydrogen) atoms. The predicted octanol–water partition coefficient (Wildman–Crippen LogP) is 4.04. The molecule has 3 aromatic rings. The third kappa shape index (κ3) is 4.19. The van der Waals surface area contributed by atoms with E-state index in [9.17, 15) is 4.79 Å². The molecule has 1 aliphatic heterocycles. The number of aromatic amines is 1. The Morgan fingerprint density at radius 1 is 1.11 bits per heavy atom. The number of nitrogens with zero attached hydrogens (tertiary/aromatic N) is 2. The summed E-state index contributed by atoms with van der Waals surface area (Å²) in [6, 6.07) is 15.7. The van der Waals surface area contributed by atoms with E-state index in [0.717, 1.165) is 23.4 Å². The van der Waals surface area contributed by atoms with Gasteiger partial charge in [-0.1, -0.05) is 30.7 Å². The van der Waals surface area contributed by atoms with E-state index in [1.165, 1.54) is 37.9 Å². The van der Waals surface area contributed by atoms with Crippen LogP contribution in [-0.4, -0.2) is 33.9 Å². The number of benzene rings is 2. The minimum atomic E-state index is -0.182. The summed E-state index contributed by atoms with van der Waals surface area (Å²) in [7, 11) is 0. The van der Waals surface area contributed by atoms with Crippen LogP contribution in [0.3, 0.4) is 0 Å². The van der Waals surface area contributed by atoms with E-state index < -0.39 is 0 Å². The summed E-state index contributed by atoms with van der Waals surface area (Å²) in [6.07, 6.45) is 3.93. The van der Waals surface area contributed by atoms with Crippen molar-refractivity contribution in [3.63, 3.8) is 0 Å². The van der Waals surface area contributed by atoms with E-state index in [4.69, 9.17) is 0 Å². The van der Waals surface area contributed by atoms with Gasteiger partial charge in [0.15, 0.2) is 0 Å². The number of nitrogens with one attached hydrogen (secondary N) is 2. The summed E-state index contributed by atoms with van der Waals surface area (Å²) in [4.78, 5) is 22.9. The number of para-hydroxylation sites is 2. The Hall–Kier alpha value is -2.66. The summed E-state index contributed by atoms with van der Waals surface area (Å²) in [5, 5.41) is 3.03. The van der Waals surface area contributed by atoms with Crippen molar-refractivity contribution in [1.29, 1.82) is 0 Å². The lowest BCUT2D eigenvalue weighted by atomic mass is 10.1. The fourth-order valence-corrected chi connectivity index (χ4v) is 3.66. The third-order valence-electron chi connectivity index (χ3n) is 5.24. The van der Waals surface area contributed by atoms with Gasteiger partial charge < -0.3 is 10.3 Å². The molecule has 0 radical (unpaired) electrons. The molecule has 0 aliphatic carbocycles. The number of H-pyrrole nitrogens is 1. The van der Waals surface area contributed by atoms with Crippen LogP contribution < -0.4 is 5.32 Å². The molecule has 4 rings (SSSR count). The van der Waals surface area contributed by atoms with Gasteiger partial charge in [0.25, 0.3) is 5.91 Å². The molecule has 2 N–H and O–H groups in total. The van der Waals surface area contributed by atoms with Crippen LogP contribution in [0.25, 0.3) is 11.0 Å². The van der Waals surface area contributed by atoms with Crippen molar-refractivity contribution in [3.8, 4) is 0 Å². The van der Waals surface area contributed by atoms with Crippen molar-refractivity contribution >= 4 is 16.9 Å². The molecular formula is C22H26N4O. The standard InChI is InChI=1S/C22H26N4O/c1-16(21-24-19-7-3-4-8-20(19)25-21)23-22(27)18-11-9-17(10-12-18)15-26-13-5-2-6-14-26/h3-4,7-12,16H,2,5-6,13-15H2,1H3,(H,23,27)(H,24,25)/t16-/m0/s1. The Morgan fingerprint density at radius 3 is 2.59 bits per heavy atom. The Morgan fingerprint density at radius 2 is 1.85 bits per heavy atom. The van der Waals surface area contributed by atoms with Crippen LogP contribution in [0, 0.1) is 0 Å². The van der Waals surface area contributed by atoms with Crippen LogP contribution in [-0.2, 0) is 6.54 Å². The summed E-state index contributed by atoms with van der Waals surface area (Å²) < 4.78 is 0. The Kier molecular flexibility index (Phi) is 5.21. The van der Waals surface area contributed by atoms with E-state index in [1.54, 1.807) is 0 Å². The number of aromatic nitrogens is 2. The predicted molar refractivity (Wildman–Crippen MR) is 108 cm³/mol. The molecule has 1 amide bonds. The number of amides is 1.